The number of nitrogens with one attached hydrogen (secondary N) is 1. The van der Waals surface area contributed by atoms with Gasteiger partial charge in [-0.05, 0) is 86.5 Å². The molecule has 6 nitrogen and oxygen atoms in total. The minimum absolute atomic E-state index is 0.0960. The van der Waals surface area contributed by atoms with E-state index in [0.29, 0.717) is 11.1 Å². The van der Waals surface area contributed by atoms with Crippen LogP contribution in [0.2, 0.25) is 5.02 Å². The zero-order valence-corrected chi connectivity index (χ0v) is 21.8. The van der Waals surface area contributed by atoms with Gasteiger partial charge in [-0.2, -0.15) is 0 Å². The molecule has 0 spiro atoms. The fraction of sp³-hybridized carbons (Fsp3) is 0.250. The van der Waals surface area contributed by atoms with Crippen molar-refractivity contribution in [2.75, 3.05) is 17.1 Å². The zero-order valence-electron chi connectivity index (χ0n) is 19.4. The Hall–Kier alpha value is -2.60. The third kappa shape index (κ3) is 6.39. The SMILES string of the molecule is CNS(=O)(=O)CCCc1cc(F)ccc1[C@@H](C)N(c1cc(F)ccc1F)S(=O)(=O)c1ccc(Cl)cc1. The number of anilines is 1. The van der Waals surface area contributed by atoms with Gasteiger partial charge in [0.1, 0.15) is 17.5 Å². The minimum Gasteiger partial charge on any atom is -0.256 e. The highest BCUT2D eigenvalue weighted by molar-refractivity contribution is 7.92. The number of halogens is 4. The average Bonchev–Trinajstić information content (AvgIpc) is 2.81. The van der Waals surface area contributed by atoms with Crippen molar-refractivity contribution in [1.29, 1.82) is 0 Å². The Labute approximate surface area is 213 Å². The number of rotatable bonds is 10. The Kier molecular flexibility index (Phi) is 8.71. The minimum atomic E-state index is -4.46. The number of hydrogen-bond acceptors (Lipinski definition) is 4. The highest BCUT2D eigenvalue weighted by atomic mass is 35.5. The number of nitrogens with zero attached hydrogens (tertiary/aromatic N) is 1. The van der Waals surface area contributed by atoms with Gasteiger partial charge in [0.25, 0.3) is 10.0 Å². The zero-order chi connectivity index (χ0) is 26.7. The largest absolute Gasteiger partial charge is 0.264 e. The molecule has 3 aromatic rings. The average molecular weight is 561 g/mol. The molecule has 0 aliphatic rings. The smallest absolute Gasteiger partial charge is 0.256 e. The van der Waals surface area contributed by atoms with Gasteiger partial charge in [0.15, 0.2) is 0 Å². The van der Waals surface area contributed by atoms with E-state index in [4.69, 9.17) is 11.6 Å². The van der Waals surface area contributed by atoms with Gasteiger partial charge in [0, 0.05) is 11.1 Å². The summed E-state index contributed by atoms with van der Waals surface area (Å²) in [7, 11) is -6.71. The molecule has 0 fully saturated rings. The van der Waals surface area contributed by atoms with Gasteiger partial charge >= 0.3 is 0 Å². The van der Waals surface area contributed by atoms with Crippen molar-refractivity contribution < 1.29 is 30.0 Å². The van der Waals surface area contributed by atoms with Gasteiger partial charge in [0.2, 0.25) is 10.0 Å². The monoisotopic (exact) mass is 560 g/mol. The summed E-state index contributed by atoms with van der Waals surface area (Å²) in [6.45, 7) is 1.46. The lowest BCUT2D eigenvalue weighted by Gasteiger charge is -2.32. The van der Waals surface area contributed by atoms with Gasteiger partial charge in [-0.25, -0.2) is 34.7 Å². The van der Waals surface area contributed by atoms with E-state index in [1.54, 1.807) is 0 Å². The molecule has 0 amide bonds. The van der Waals surface area contributed by atoms with Crippen LogP contribution in [0.25, 0.3) is 0 Å². The molecule has 0 radical (unpaired) electrons. The molecule has 1 atom stereocenters. The first-order chi connectivity index (χ1) is 16.9. The van der Waals surface area contributed by atoms with Crippen LogP contribution in [0.4, 0.5) is 18.9 Å². The Morgan fingerprint density at radius 1 is 0.917 bits per heavy atom. The number of aryl methyl sites for hydroxylation is 1. The van der Waals surface area contributed by atoms with Crippen molar-refractivity contribution in [3.8, 4) is 0 Å². The van der Waals surface area contributed by atoms with E-state index in [2.05, 4.69) is 4.72 Å². The van der Waals surface area contributed by atoms with Gasteiger partial charge in [-0.3, -0.25) is 4.31 Å². The third-order valence-corrected chi connectivity index (χ3v) is 9.19. The van der Waals surface area contributed by atoms with Crippen LogP contribution >= 0.6 is 11.6 Å². The quantitative estimate of drug-likeness (QED) is 0.370. The summed E-state index contributed by atoms with van der Waals surface area (Å²) in [6.07, 6.45) is 0.212. The van der Waals surface area contributed by atoms with E-state index in [-0.39, 0.29) is 28.5 Å². The molecule has 3 rings (SSSR count). The van der Waals surface area contributed by atoms with Gasteiger partial charge in [-0.1, -0.05) is 17.7 Å². The molecule has 3 aromatic carbocycles. The van der Waals surface area contributed by atoms with Gasteiger partial charge < -0.3 is 0 Å². The van der Waals surface area contributed by atoms with Crippen LogP contribution in [0.1, 0.15) is 30.5 Å². The lowest BCUT2D eigenvalue weighted by Crippen LogP contribution is -2.35. The van der Waals surface area contributed by atoms with E-state index in [1.807, 2.05) is 0 Å². The molecule has 0 aromatic heterocycles. The van der Waals surface area contributed by atoms with E-state index < -0.39 is 49.2 Å². The molecule has 0 aliphatic heterocycles. The summed E-state index contributed by atoms with van der Waals surface area (Å²) < 4.78 is 97.1. The second-order valence-electron chi connectivity index (χ2n) is 8.00. The molecule has 0 bridgehead atoms. The van der Waals surface area contributed by atoms with Crippen molar-refractivity contribution >= 4 is 37.3 Å². The summed E-state index contributed by atoms with van der Waals surface area (Å²) >= 11 is 5.89. The van der Waals surface area contributed by atoms with Crippen LogP contribution in [0.3, 0.4) is 0 Å². The van der Waals surface area contributed by atoms with Crippen LogP contribution in [-0.2, 0) is 26.5 Å². The first-order valence-corrected chi connectivity index (χ1v) is 14.3. The second-order valence-corrected chi connectivity index (χ2v) is 12.3. The number of hydrogen-bond donors (Lipinski definition) is 1. The standard InChI is InChI=1S/C24H24ClF3N2O4S2/c1-16(22-11-7-19(26)14-17(22)4-3-13-35(31,32)29-2)30(24-15-20(27)8-12-23(24)28)36(33,34)21-9-5-18(25)6-10-21/h5-12,14-16,29H,3-4,13H2,1-2H3/t16-/m1/s1. The summed E-state index contributed by atoms with van der Waals surface area (Å²) in [5.74, 6) is -2.68. The predicted octanol–water partition coefficient (Wildman–Crippen LogP) is 5.20. The lowest BCUT2D eigenvalue weighted by atomic mass is 9.97. The highest BCUT2D eigenvalue weighted by Gasteiger charge is 2.33. The maximum Gasteiger partial charge on any atom is 0.264 e. The van der Waals surface area contributed by atoms with Gasteiger partial charge in [0.05, 0.1) is 22.4 Å². The van der Waals surface area contributed by atoms with E-state index in [0.717, 1.165) is 28.6 Å². The van der Waals surface area contributed by atoms with Crippen molar-refractivity contribution in [3.05, 3.63) is 94.3 Å². The van der Waals surface area contributed by atoms with Crippen LogP contribution in [0.15, 0.2) is 65.6 Å². The summed E-state index contributed by atoms with van der Waals surface area (Å²) in [5.41, 5.74) is 0.104. The maximum atomic E-state index is 14.9. The Morgan fingerprint density at radius 3 is 2.17 bits per heavy atom. The van der Waals surface area contributed by atoms with E-state index in [9.17, 15) is 30.0 Å². The normalized spacial score (nSPS) is 12.9. The third-order valence-electron chi connectivity index (χ3n) is 5.59. The van der Waals surface area contributed by atoms with Gasteiger partial charge in [-0.15, -0.1) is 0 Å². The molecule has 0 saturated heterocycles. The molecule has 36 heavy (non-hydrogen) atoms. The first-order valence-electron chi connectivity index (χ1n) is 10.8. The molecule has 194 valence electrons. The van der Waals surface area contributed by atoms with Crippen molar-refractivity contribution in [2.45, 2.75) is 30.7 Å². The van der Waals surface area contributed by atoms with Crippen LogP contribution < -0.4 is 9.03 Å². The summed E-state index contributed by atoms with van der Waals surface area (Å²) in [5, 5.41) is 0.280. The molecular formula is C24H24ClF3N2O4S2. The highest BCUT2D eigenvalue weighted by Crippen LogP contribution is 2.37. The summed E-state index contributed by atoms with van der Waals surface area (Å²) in [6, 6.07) is 10.1. The van der Waals surface area contributed by atoms with Crippen molar-refractivity contribution in [1.82, 2.24) is 4.72 Å². The molecular weight excluding hydrogens is 537 g/mol. The van der Waals surface area contributed by atoms with Crippen LogP contribution in [0, 0.1) is 17.5 Å². The Bertz CT molecular complexity index is 1450. The number of sulfonamides is 2. The van der Waals surface area contributed by atoms with Crippen molar-refractivity contribution in [2.24, 2.45) is 0 Å². The fourth-order valence-electron chi connectivity index (χ4n) is 3.80. The Morgan fingerprint density at radius 2 is 1.53 bits per heavy atom. The van der Waals surface area contributed by atoms with Crippen LogP contribution in [0.5, 0.6) is 0 Å². The maximum absolute atomic E-state index is 14.9. The fourth-order valence-corrected chi connectivity index (χ4v) is 6.29. The molecule has 0 unspecified atom stereocenters. The number of benzene rings is 3. The van der Waals surface area contributed by atoms with Crippen LogP contribution in [-0.4, -0.2) is 29.6 Å². The van der Waals surface area contributed by atoms with Crippen molar-refractivity contribution in [3.63, 3.8) is 0 Å². The molecule has 12 heteroatoms. The lowest BCUT2D eigenvalue weighted by molar-refractivity contribution is 0.569. The molecule has 0 saturated carbocycles. The molecule has 1 N–H and O–H groups in total. The molecule has 0 aliphatic carbocycles. The topological polar surface area (TPSA) is 83.6 Å². The van der Waals surface area contributed by atoms with E-state index >= 15 is 0 Å². The Balaban J connectivity index is 2.14. The predicted molar refractivity (Wildman–Crippen MR) is 133 cm³/mol. The van der Waals surface area contributed by atoms with E-state index in [1.165, 1.54) is 50.4 Å². The second kappa shape index (κ2) is 11.2. The first kappa shape index (κ1) is 28.0. The summed E-state index contributed by atoms with van der Waals surface area (Å²) in [4.78, 5) is -0.216. The molecule has 0 heterocycles.